The summed E-state index contributed by atoms with van der Waals surface area (Å²) in [6, 6.07) is 17.6. The molecule has 1 N–H and O–H groups in total. The average molecular weight is 373 g/mol. The summed E-state index contributed by atoms with van der Waals surface area (Å²) >= 11 is 0. The summed E-state index contributed by atoms with van der Waals surface area (Å²) in [6.07, 6.45) is 0.622. The van der Waals surface area contributed by atoms with Gasteiger partial charge in [-0.15, -0.1) is 0 Å². The fourth-order valence-electron chi connectivity index (χ4n) is 3.72. The van der Waals surface area contributed by atoms with E-state index in [1.807, 2.05) is 74.1 Å². The Bertz CT molecular complexity index is 1220. The molecule has 2 aromatic carbocycles. The third kappa shape index (κ3) is 2.94. The van der Waals surface area contributed by atoms with Gasteiger partial charge in [0.05, 0.1) is 22.5 Å². The number of aryl methyl sites for hydroxylation is 1. The second-order valence-corrected chi connectivity index (χ2v) is 7.09. The van der Waals surface area contributed by atoms with Gasteiger partial charge in [0, 0.05) is 24.7 Å². The van der Waals surface area contributed by atoms with Crippen molar-refractivity contribution in [3.05, 3.63) is 81.8 Å². The summed E-state index contributed by atoms with van der Waals surface area (Å²) in [7, 11) is 1.89. The summed E-state index contributed by atoms with van der Waals surface area (Å²) in [4.78, 5) is 18.1. The predicted octanol–water partition coefficient (Wildman–Crippen LogP) is 3.54. The van der Waals surface area contributed by atoms with Gasteiger partial charge in [-0.1, -0.05) is 24.3 Å². The number of aromatic nitrogens is 3. The van der Waals surface area contributed by atoms with E-state index < -0.39 is 0 Å². The van der Waals surface area contributed by atoms with Crippen LogP contribution in [0.2, 0.25) is 0 Å². The second-order valence-electron chi connectivity index (χ2n) is 7.09. The summed E-state index contributed by atoms with van der Waals surface area (Å²) in [5.74, 6) is 0. The molecule has 2 aromatic heterocycles. The number of aliphatic hydroxyl groups is 1. The van der Waals surface area contributed by atoms with Gasteiger partial charge in [-0.25, -0.2) is 9.67 Å². The van der Waals surface area contributed by atoms with Crippen molar-refractivity contribution >= 4 is 10.9 Å². The molecule has 0 bridgehead atoms. The molecule has 0 saturated carbocycles. The van der Waals surface area contributed by atoms with E-state index in [0.29, 0.717) is 17.7 Å². The third-order valence-electron chi connectivity index (χ3n) is 5.29. The van der Waals surface area contributed by atoms with Crippen molar-refractivity contribution in [1.82, 2.24) is 14.3 Å². The average Bonchev–Trinajstić information content (AvgIpc) is 2.92. The molecule has 0 spiro atoms. The summed E-state index contributed by atoms with van der Waals surface area (Å²) in [5.41, 5.74) is 5.93. The first-order valence-electron chi connectivity index (χ1n) is 9.37. The first-order chi connectivity index (χ1) is 13.5. The Labute approximate surface area is 163 Å². The normalized spacial score (nSPS) is 11.3. The van der Waals surface area contributed by atoms with Crippen LogP contribution in [0.3, 0.4) is 0 Å². The monoisotopic (exact) mass is 373 g/mol. The van der Waals surface area contributed by atoms with Crippen LogP contribution in [0.4, 0.5) is 0 Å². The Morgan fingerprint density at radius 2 is 1.79 bits per heavy atom. The van der Waals surface area contributed by atoms with Crippen LogP contribution in [-0.4, -0.2) is 26.1 Å². The van der Waals surface area contributed by atoms with Crippen LogP contribution in [0, 0.1) is 13.8 Å². The molecule has 0 radical (unpaired) electrons. The molecule has 0 aliphatic heterocycles. The maximum atomic E-state index is 13.3. The topological polar surface area (TPSA) is 60.0 Å². The van der Waals surface area contributed by atoms with E-state index in [1.54, 1.807) is 4.68 Å². The first kappa shape index (κ1) is 18.2. The number of fused-ring (bicyclic) bond motifs is 1. The molecule has 5 heteroatoms. The van der Waals surface area contributed by atoms with Crippen LogP contribution in [0.5, 0.6) is 0 Å². The fourth-order valence-corrected chi connectivity index (χ4v) is 3.72. The maximum Gasteiger partial charge on any atom is 0.281 e. The van der Waals surface area contributed by atoms with Crippen LogP contribution >= 0.6 is 0 Å². The van der Waals surface area contributed by atoms with Gasteiger partial charge < -0.3 is 5.11 Å². The highest BCUT2D eigenvalue weighted by atomic mass is 16.3. The number of benzene rings is 2. The van der Waals surface area contributed by atoms with E-state index in [-0.39, 0.29) is 12.2 Å². The Balaban J connectivity index is 1.91. The fraction of sp³-hybridized carbons (Fsp3) is 0.217. The lowest BCUT2D eigenvalue weighted by atomic mass is 10.0. The molecule has 28 heavy (non-hydrogen) atoms. The number of pyridine rings is 1. The molecular weight excluding hydrogens is 350 g/mol. The van der Waals surface area contributed by atoms with E-state index in [1.165, 1.54) is 0 Å². The van der Waals surface area contributed by atoms with Gasteiger partial charge >= 0.3 is 0 Å². The van der Waals surface area contributed by atoms with Crippen molar-refractivity contribution in [1.29, 1.82) is 0 Å². The Morgan fingerprint density at radius 3 is 2.50 bits per heavy atom. The highest BCUT2D eigenvalue weighted by Gasteiger charge is 2.19. The lowest BCUT2D eigenvalue weighted by Gasteiger charge is -2.08. The minimum absolute atomic E-state index is 0.0747. The Kier molecular flexibility index (Phi) is 4.61. The number of para-hydroxylation sites is 1. The number of aliphatic hydroxyl groups excluding tert-OH is 1. The minimum atomic E-state index is -0.0747. The van der Waals surface area contributed by atoms with Crippen LogP contribution in [0.1, 0.15) is 16.8 Å². The molecule has 142 valence electrons. The molecule has 0 aliphatic carbocycles. The van der Waals surface area contributed by atoms with Crippen molar-refractivity contribution in [3.8, 4) is 16.9 Å². The molecular formula is C23H23N3O2. The lowest BCUT2D eigenvalue weighted by Crippen LogP contribution is -2.20. The zero-order chi connectivity index (χ0) is 19.8. The molecule has 0 fully saturated rings. The number of hydrogen-bond donors (Lipinski definition) is 1. The van der Waals surface area contributed by atoms with Crippen LogP contribution in [0.15, 0.2) is 59.4 Å². The van der Waals surface area contributed by atoms with Gasteiger partial charge in [0.1, 0.15) is 0 Å². The number of hydrogen-bond acceptors (Lipinski definition) is 3. The first-order valence-corrected chi connectivity index (χ1v) is 9.37. The van der Waals surface area contributed by atoms with Gasteiger partial charge in [0.15, 0.2) is 0 Å². The van der Waals surface area contributed by atoms with E-state index in [4.69, 9.17) is 4.98 Å². The molecule has 4 aromatic rings. The Hall–Kier alpha value is -3.18. The Morgan fingerprint density at radius 1 is 1.04 bits per heavy atom. The molecule has 0 amide bonds. The van der Waals surface area contributed by atoms with E-state index >= 15 is 0 Å². The molecule has 0 unspecified atom stereocenters. The summed E-state index contributed by atoms with van der Waals surface area (Å²) < 4.78 is 3.55. The summed E-state index contributed by atoms with van der Waals surface area (Å²) in [6.45, 7) is 4.10. The van der Waals surface area contributed by atoms with Crippen LogP contribution in [0.25, 0.3) is 27.8 Å². The number of nitrogens with zero attached hydrogens (tertiary/aromatic N) is 3. The smallest absolute Gasteiger partial charge is 0.281 e. The highest BCUT2D eigenvalue weighted by Crippen LogP contribution is 2.26. The van der Waals surface area contributed by atoms with Gasteiger partial charge in [-0.3, -0.25) is 9.48 Å². The quantitative estimate of drug-likeness (QED) is 0.595. The van der Waals surface area contributed by atoms with Gasteiger partial charge in [-0.2, -0.15) is 0 Å². The number of rotatable bonds is 4. The van der Waals surface area contributed by atoms with Crippen LogP contribution < -0.4 is 5.56 Å². The van der Waals surface area contributed by atoms with Gasteiger partial charge in [0.25, 0.3) is 5.56 Å². The molecule has 0 saturated heterocycles. The largest absolute Gasteiger partial charge is 0.396 e. The maximum absolute atomic E-state index is 13.3. The SMILES string of the molecule is Cc1cc(-c2c(C)n(C)n(-c3ccccc3)c2=O)nc2ccc(CCO)cc12. The van der Waals surface area contributed by atoms with Crippen molar-refractivity contribution in [2.45, 2.75) is 20.3 Å². The van der Waals surface area contributed by atoms with Crippen molar-refractivity contribution in [2.24, 2.45) is 7.05 Å². The van der Waals surface area contributed by atoms with E-state index in [2.05, 4.69) is 6.07 Å². The molecule has 0 atom stereocenters. The zero-order valence-electron chi connectivity index (χ0n) is 16.3. The molecule has 4 rings (SSSR count). The molecule has 0 aliphatic rings. The minimum Gasteiger partial charge on any atom is -0.396 e. The van der Waals surface area contributed by atoms with E-state index in [9.17, 15) is 9.90 Å². The zero-order valence-corrected chi connectivity index (χ0v) is 16.3. The highest BCUT2D eigenvalue weighted by molar-refractivity contribution is 5.85. The third-order valence-corrected chi connectivity index (χ3v) is 5.29. The van der Waals surface area contributed by atoms with Gasteiger partial charge in [0.2, 0.25) is 0 Å². The van der Waals surface area contributed by atoms with Crippen molar-refractivity contribution < 1.29 is 5.11 Å². The molecule has 2 heterocycles. The standard InChI is InChI=1S/C23H23N3O2/c1-15-13-21(24-20-10-9-17(11-12-27)14-19(15)20)22-16(2)25(3)26(23(22)28)18-7-5-4-6-8-18/h4-10,13-14,27H,11-12H2,1-3H3. The summed E-state index contributed by atoms with van der Waals surface area (Å²) in [5, 5.41) is 10.2. The van der Waals surface area contributed by atoms with E-state index in [0.717, 1.165) is 33.4 Å². The van der Waals surface area contributed by atoms with Gasteiger partial charge in [-0.05, 0) is 61.7 Å². The molecule has 5 nitrogen and oxygen atoms in total. The van der Waals surface area contributed by atoms with Crippen LogP contribution in [-0.2, 0) is 13.5 Å². The predicted molar refractivity (Wildman–Crippen MR) is 112 cm³/mol. The van der Waals surface area contributed by atoms with Crippen molar-refractivity contribution in [3.63, 3.8) is 0 Å². The lowest BCUT2D eigenvalue weighted by molar-refractivity contribution is 0.299. The van der Waals surface area contributed by atoms with Crippen molar-refractivity contribution in [2.75, 3.05) is 6.61 Å². The second kappa shape index (κ2) is 7.09.